The molecule has 2 aliphatic rings. The fraction of sp³-hybridized carbons (Fsp3) is 0.500. The predicted octanol–water partition coefficient (Wildman–Crippen LogP) is 1.84. The first-order chi connectivity index (χ1) is 12.2. The molecule has 2 aromatic heterocycles. The molecule has 4 atom stereocenters. The van der Waals surface area contributed by atoms with Gasteiger partial charge in [-0.15, -0.1) is 0 Å². The number of nitrogens with one attached hydrogen (secondary N) is 1. The van der Waals surface area contributed by atoms with Gasteiger partial charge in [0.2, 0.25) is 0 Å². The Hall–Kier alpha value is -2.57. The van der Waals surface area contributed by atoms with Gasteiger partial charge in [-0.25, -0.2) is 4.98 Å². The summed E-state index contributed by atoms with van der Waals surface area (Å²) in [5.74, 6) is 0.867. The first-order valence-corrected chi connectivity index (χ1v) is 8.59. The average Bonchev–Trinajstić information content (AvgIpc) is 3.39. The summed E-state index contributed by atoms with van der Waals surface area (Å²) in [4.78, 5) is 28.7. The van der Waals surface area contributed by atoms with Gasteiger partial charge in [-0.2, -0.15) is 0 Å². The standard InChI is InChI=1S/C18H21N3O4/c1-24-18(23)15-11-2-3-12(8-11)16(15)20-17(22)14-5-4-13(25-14)9-21-7-6-19-10-21/h4-7,10-12,15-16H,2-3,8-9H2,1H3,(H,20,22)/t11-,12-,15-,16+/m0/s1. The third kappa shape index (κ3) is 2.94. The summed E-state index contributed by atoms with van der Waals surface area (Å²) in [6.45, 7) is 0.520. The van der Waals surface area contributed by atoms with Crippen molar-refractivity contribution in [3.8, 4) is 0 Å². The summed E-state index contributed by atoms with van der Waals surface area (Å²) in [5.41, 5.74) is 0. The van der Waals surface area contributed by atoms with Crippen LogP contribution in [0, 0.1) is 17.8 Å². The van der Waals surface area contributed by atoms with Crippen LogP contribution < -0.4 is 5.32 Å². The van der Waals surface area contributed by atoms with Crippen molar-refractivity contribution in [3.05, 3.63) is 42.4 Å². The topological polar surface area (TPSA) is 86.4 Å². The lowest BCUT2D eigenvalue weighted by molar-refractivity contribution is -0.148. The van der Waals surface area contributed by atoms with Crippen molar-refractivity contribution in [2.24, 2.45) is 17.8 Å². The molecule has 7 nitrogen and oxygen atoms in total. The largest absolute Gasteiger partial charge is 0.469 e. The van der Waals surface area contributed by atoms with Crippen LogP contribution in [0.4, 0.5) is 0 Å². The number of methoxy groups -OCH3 is 1. The second-order valence-electron chi connectivity index (χ2n) is 6.88. The molecule has 2 aromatic rings. The number of furan rings is 1. The zero-order chi connectivity index (χ0) is 17.4. The van der Waals surface area contributed by atoms with Crippen LogP contribution in [0.25, 0.3) is 0 Å². The highest BCUT2D eigenvalue weighted by molar-refractivity contribution is 5.92. The second kappa shape index (κ2) is 6.38. The molecule has 2 heterocycles. The van der Waals surface area contributed by atoms with Crippen LogP contribution in [0.5, 0.6) is 0 Å². The van der Waals surface area contributed by atoms with Gasteiger partial charge in [-0.3, -0.25) is 9.59 Å². The van der Waals surface area contributed by atoms with E-state index < -0.39 is 0 Å². The molecule has 0 aliphatic heterocycles. The smallest absolute Gasteiger partial charge is 0.311 e. The zero-order valence-electron chi connectivity index (χ0n) is 14.1. The number of ether oxygens (including phenoxy) is 1. The number of nitrogens with zero attached hydrogens (tertiary/aromatic N) is 2. The minimum Gasteiger partial charge on any atom is -0.469 e. The average molecular weight is 343 g/mol. The summed E-state index contributed by atoms with van der Waals surface area (Å²) in [7, 11) is 1.40. The number of aromatic nitrogens is 2. The van der Waals surface area contributed by atoms with E-state index in [9.17, 15) is 9.59 Å². The molecular formula is C18H21N3O4. The number of hydrogen-bond acceptors (Lipinski definition) is 5. The van der Waals surface area contributed by atoms with E-state index in [4.69, 9.17) is 9.15 Å². The van der Waals surface area contributed by atoms with E-state index in [0.717, 1.165) is 19.3 Å². The summed E-state index contributed by atoms with van der Waals surface area (Å²) in [6, 6.07) is 3.29. The maximum absolute atomic E-state index is 12.6. The van der Waals surface area contributed by atoms with Crippen LogP contribution in [-0.4, -0.2) is 34.6 Å². The van der Waals surface area contributed by atoms with Gasteiger partial charge in [0.25, 0.3) is 5.91 Å². The van der Waals surface area contributed by atoms with Gasteiger partial charge in [0.1, 0.15) is 5.76 Å². The van der Waals surface area contributed by atoms with E-state index in [2.05, 4.69) is 10.3 Å². The minimum atomic E-state index is -0.275. The molecule has 2 fully saturated rings. The molecule has 0 saturated heterocycles. The molecule has 2 saturated carbocycles. The molecule has 0 aromatic carbocycles. The highest BCUT2D eigenvalue weighted by Crippen LogP contribution is 2.49. The highest BCUT2D eigenvalue weighted by Gasteiger charge is 2.52. The molecule has 7 heteroatoms. The molecule has 0 radical (unpaired) electrons. The van der Waals surface area contributed by atoms with Crippen molar-refractivity contribution < 1.29 is 18.7 Å². The minimum absolute atomic E-state index is 0.166. The van der Waals surface area contributed by atoms with Crippen molar-refractivity contribution >= 4 is 11.9 Å². The number of imidazole rings is 1. The van der Waals surface area contributed by atoms with Crippen molar-refractivity contribution in [1.29, 1.82) is 0 Å². The van der Waals surface area contributed by atoms with Crippen LogP contribution in [0.3, 0.4) is 0 Å². The Balaban J connectivity index is 1.44. The number of carbonyl (C=O) groups is 2. The quantitative estimate of drug-likeness (QED) is 0.837. The SMILES string of the molecule is COC(=O)[C@H]1[C@H]2CC[C@@H](C2)[C@H]1NC(=O)c1ccc(Cn2ccnc2)o1. The molecule has 0 unspecified atom stereocenters. The molecular weight excluding hydrogens is 322 g/mol. The predicted molar refractivity (Wildman–Crippen MR) is 87.6 cm³/mol. The lowest BCUT2D eigenvalue weighted by Gasteiger charge is -2.29. The summed E-state index contributed by atoms with van der Waals surface area (Å²) < 4.78 is 12.5. The number of rotatable bonds is 5. The maximum Gasteiger partial charge on any atom is 0.311 e. The van der Waals surface area contributed by atoms with E-state index in [-0.39, 0.29) is 29.6 Å². The molecule has 0 spiro atoms. The lowest BCUT2D eigenvalue weighted by Crippen LogP contribution is -2.47. The number of carbonyl (C=O) groups excluding carboxylic acids is 2. The Bertz CT molecular complexity index is 767. The van der Waals surface area contributed by atoms with E-state index in [1.165, 1.54) is 7.11 Å². The van der Waals surface area contributed by atoms with Crippen LogP contribution in [0.1, 0.15) is 35.6 Å². The third-order valence-corrected chi connectivity index (χ3v) is 5.47. The van der Waals surface area contributed by atoms with Crippen molar-refractivity contribution in [2.75, 3.05) is 7.11 Å². The fourth-order valence-corrected chi connectivity index (χ4v) is 4.34. The van der Waals surface area contributed by atoms with Crippen molar-refractivity contribution in [1.82, 2.24) is 14.9 Å². The van der Waals surface area contributed by atoms with E-state index >= 15 is 0 Å². The normalized spacial score (nSPS) is 27.4. The number of esters is 1. The van der Waals surface area contributed by atoms with Gasteiger partial charge < -0.3 is 19.0 Å². The molecule has 1 amide bonds. The Morgan fingerprint density at radius 1 is 1.36 bits per heavy atom. The summed E-state index contributed by atoms with van der Waals surface area (Å²) >= 11 is 0. The van der Waals surface area contributed by atoms with Crippen LogP contribution in [-0.2, 0) is 16.1 Å². The third-order valence-electron chi connectivity index (χ3n) is 5.47. The van der Waals surface area contributed by atoms with Gasteiger partial charge >= 0.3 is 5.97 Å². The fourth-order valence-electron chi connectivity index (χ4n) is 4.34. The Kier molecular flexibility index (Phi) is 4.07. The number of amides is 1. The lowest BCUT2D eigenvalue weighted by atomic mass is 9.84. The summed E-state index contributed by atoms with van der Waals surface area (Å²) in [6.07, 6.45) is 8.28. The van der Waals surface area contributed by atoms with Crippen molar-refractivity contribution in [3.63, 3.8) is 0 Å². The Morgan fingerprint density at radius 2 is 2.20 bits per heavy atom. The van der Waals surface area contributed by atoms with Gasteiger partial charge in [0, 0.05) is 18.4 Å². The maximum atomic E-state index is 12.6. The van der Waals surface area contributed by atoms with E-state index in [0.29, 0.717) is 24.1 Å². The molecule has 1 N–H and O–H groups in total. The molecule has 4 rings (SSSR count). The monoisotopic (exact) mass is 343 g/mol. The van der Waals surface area contributed by atoms with Gasteiger partial charge in [-0.1, -0.05) is 0 Å². The molecule has 132 valence electrons. The Labute approximate surface area is 145 Å². The van der Waals surface area contributed by atoms with Gasteiger partial charge in [0.15, 0.2) is 5.76 Å². The molecule has 2 bridgehead atoms. The molecule has 25 heavy (non-hydrogen) atoms. The summed E-state index contributed by atoms with van der Waals surface area (Å²) in [5, 5.41) is 3.01. The highest BCUT2D eigenvalue weighted by atomic mass is 16.5. The Morgan fingerprint density at radius 3 is 2.96 bits per heavy atom. The van der Waals surface area contributed by atoms with Gasteiger partial charge in [0.05, 0.1) is 25.9 Å². The first kappa shape index (κ1) is 15.9. The zero-order valence-corrected chi connectivity index (χ0v) is 14.1. The van der Waals surface area contributed by atoms with Crippen LogP contribution >= 0.6 is 0 Å². The van der Waals surface area contributed by atoms with E-state index in [1.807, 2.05) is 10.8 Å². The van der Waals surface area contributed by atoms with Crippen LogP contribution in [0.2, 0.25) is 0 Å². The van der Waals surface area contributed by atoms with Crippen LogP contribution in [0.15, 0.2) is 35.3 Å². The van der Waals surface area contributed by atoms with Gasteiger partial charge in [-0.05, 0) is 43.2 Å². The first-order valence-electron chi connectivity index (χ1n) is 8.59. The number of hydrogen-bond donors (Lipinski definition) is 1. The number of fused-ring (bicyclic) bond motifs is 2. The second-order valence-corrected chi connectivity index (χ2v) is 6.88. The van der Waals surface area contributed by atoms with Crippen molar-refractivity contribution in [2.45, 2.75) is 31.8 Å². The molecule has 2 aliphatic carbocycles. The van der Waals surface area contributed by atoms with E-state index in [1.54, 1.807) is 24.7 Å².